The molecule has 27 heavy (non-hydrogen) atoms. The van der Waals surface area contributed by atoms with Crippen molar-refractivity contribution in [2.45, 2.75) is 11.4 Å². The number of carbonyl (C=O) groups excluding carboxylic acids is 1. The monoisotopic (exact) mass is 450 g/mol. The molecule has 11 heteroatoms. The van der Waals surface area contributed by atoms with E-state index in [9.17, 15) is 13.2 Å². The number of nitrogens with two attached hydrogens (primary N) is 2. The third kappa shape index (κ3) is 6.28. The number of carbonyl (C=O) groups is 1. The van der Waals surface area contributed by atoms with Crippen molar-refractivity contribution in [1.29, 1.82) is 0 Å². The Morgan fingerprint density at radius 2 is 1.81 bits per heavy atom. The standard InChI is InChI=1S/C16H16Cl2N4O3S.ClH/c1-26(24,25)14-6-9(15(23)22-16(19)20)3-5-13(14)21-8-10-2-4-11(17)7-12(10)18;/h2-7,21H,8H2,1H3,(H4,19,20,22,23);1H. The molecule has 2 aromatic rings. The fourth-order valence-electron chi connectivity index (χ4n) is 2.15. The Bertz CT molecular complexity index is 990. The van der Waals surface area contributed by atoms with Gasteiger partial charge < -0.3 is 16.8 Å². The predicted molar refractivity (Wildman–Crippen MR) is 111 cm³/mol. The van der Waals surface area contributed by atoms with E-state index in [4.69, 9.17) is 34.7 Å². The highest BCUT2D eigenvalue weighted by Gasteiger charge is 2.17. The first-order chi connectivity index (χ1) is 12.1. The van der Waals surface area contributed by atoms with E-state index >= 15 is 0 Å². The van der Waals surface area contributed by atoms with Crippen LogP contribution in [-0.2, 0) is 16.4 Å². The second kappa shape index (κ2) is 9.27. The van der Waals surface area contributed by atoms with Crippen molar-refractivity contribution in [2.24, 2.45) is 16.5 Å². The Balaban J connectivity index is 0.00000364. The summed E-state index contributed by atoms with van der Waals surface area (Å²) in [5, 5.41) is 3.95. The summed E-state index contributed by atoms with van der Waals surface area (Å²) in [6.45, 7) is 0.264. The molecule has 0 saturated carbocycles. The lowest BCUT2D eigenvalue weighted by Crippen LogP contribution is -2.24. The Morgan fingerprint density at radius 1 is 1.15 bits per heavy atom. The van der Waals surface area contributed by atoms with Crippen LogP contribution in [0.1, 0.15) is 15.9 Å². The van der Waals surface area contributed by atoms with Crippen LogP contribution in [0.25, 0.3) is 0 Å². The molecule has 0 aliphatic rings. The molecule has 0 aliphatic carbocycles. The van der Waals surface area contributed by atoms with Gasteiger partial charge in [0.1, 0.15) is 0 Å². The van der Waals surface area contributed by atoms with E-state index in [0.29, 0.717) is 15.7 Å². The molecule has 1 amide bonds. The average molecular weight is 452 g/mol. The Morgan fingerprint density at radius 3 is 2.37 bits per heavy atom. The lowest BCUT2D eigenvalue weighted by atomic mass is 10.1. The van der Waals surface area contributed by atoms with Crippen molar-refractivity contribution in [3.05, 3.63) is 57.6 Å². The number of nitrogens with zero attached hydrogens (tertiary/aromatic N) is 1. The minimum Gasteiger partial charge on any atom is -0.380 e. The minimum absolute atomic E-state index is 0. The molecule has 0 bridgehead atoms. The summed E-state index contributed by atoms with van der Waals surface area (Å²) in [4.78, 5) is 15.3. The number of aliphatic imine (C=N–C) groups is 1. The lowest BCUT2D eigenvalue weighted by molar-refractivity contribution is 0.100. The molecule has 0 unspecified atom stereocenters. The molecule has 0 fully saturated rings. The van der Waals surface area contributed by atoms with Crippen molar-refractivity contribution in [3.8, 4) is 0 Å². The average Bonchev–Trinajstić information content (AvgIpc) is 2.52. The van der Waals surface area contributed by atoms with Gasteiger partial charge >= 0.3 is 0 Å². The minimum atomic E-state index is -3.62. The molecule has 2 aromatic carbocycles. The summed E-state index contributed by atoms with van der Waals surface area (Å²) in [6, 6.07) is 9.11. The van der Waals surface area contributed by atoms with Crippen molar-refractivity contribution in [2.75, 3.05) is 11.6 Å². The normalized spacial score (nSPS) is 10.6. The molecule has 5 N–H and O–H groups in total. The van der Waals surface area contributed by atoms with E-state index in [1.807, 2.05) is 0 Å². The van der Waals surface area contributed by atoms with Crippen LogP contribution in [0.4, 0.5) is 5.69 Å². The number of sulfone groups is 1. The molecule has 7 nitrogen and oxygen atoms in total. The fourth-order valence-corrected chi connectivity index (χ4v) is 3.50. The van der Waals surface area contributed by atoms with E-state index < -0.39 is 21.7 Å². The molecule has 0 aromatic heterocycles. The highest BCUT2D eigenvalue weighted by Crippen LogP contribution is 2.26. The van der Waals surface area contributed by atoms with Crippen molar-refractivity contribution in [1.82, 2.24) is 0 Å². The van der Waals surface area contributed by atoms with Gasteiger partial charge in [-0.25, -0.2) is 8.42 Å². The second-order valence-corrected chi connectivity index (χ2v) is 8.24. The van der Waals surface area contributed by atoms with Crippen LogP contribution in [0, 0.1) is 0 Å². The molecule has 146 valence electrons. The summed E-state index contributed by atoms with van der Waals surface area (Å²) >= 11 is 12.0. The number of rotatable bonds is 5. The molecule has 2 rings (SSSR count). The van der Waals surface area contributed by atoms with Gasteiger partial charge in [-0.3, -0.25) is 4.79 Å². The summed E-state index contributed by atoms with van der Waals surface area (Å²) in [6.07, 6.45) is 1.04. The van der Waals surface area contributed by atoms with Crippen LogP contribution in [0.15, 0.2) is 46.3 Å². The van der Waals surface area contributed by atoms with Crippen molar-refractivity contribution < 1.29 is 13.2 Å². The Hall–Kier alpha value is -2.00. The van der Waals surface area contributed by atoms with Gasteiger partial charge in [0, 0.05) is 28.4 Å². The SMILES string of the molecule is CS(=O)(=O)c1cc(C(=O)N=C(N)N)ccc1NCc1ccc(Cl)cc1Cl.Cl. The number of anilines is 1. The van der Waals surface area contributed by atoms with Gasteiger partial charge in [-0.1, -0.05) is 29.3 Å². The zero-order valence-electron chi connectivity index (χ0n) is 14.1. The first-order valence-corrected chi connectivity index (χ1v) is 9.88. The van der Waals surface area contributed by atoms with Gasteiger partial charge in [-0.15, -0.1) is 12.4 Å². The molecule has 0 saturated heterocycles. The van der Waals surface area contributed by atoms with Crippen molar-refractivity contribution in [3.63, 3.8) is 0 Å². The van der Waals surface area contributed by atoms with Gasteiger partial charge in [-0.2, -0.15) is 4.99 Å². The van der Waals surface area contributed by atoms with Crippen LogP contribution in [0.5, 0.6) is 0 Å². The molecule has 0 radical (unpaired) electrons. The van der Waals surface area contributed by atoms with E-state index in [1.165, 1.54) is 18.2 Å². The quantitative estimate of drug-likeness (QED) is 0.474. The van der Waals surface area contributed by atoms with Gasteiger partial charge in [-0.05, 0) is 35.9 Å². The summed E-state index contributed by atoms with van der Waals surface area (Å²) < 4.78 is 24.2. The smallest absolute Gasteiger partial charge is 0.280 e. The number of nitrogens with one attached hydrogen (secondary N) is 1. The Kier molecular flexibility index (Phi) is 7.91. The number of benzene rings is 2. The topological polar surface area (TPSA) is 128 Å². The number of hydrogen-bond donors (Lipinski definition) is 3. The van der Waals surface area contributed by atoms with E-state index in [1.54, 1.807) is 18.2 Å². The van der Waals surface area contributed by atoms with E-state index in [2.05, 4.69) is 10.3 Å². The molecular formula is C16H17Cl3N4O3S. The number of hydrogen-bond acceptors (Lipinski definition) is 4. The van der Waals surface area contributed by atoms with Crippen LogP contribution in [0.3, 0.4) is 0 Å². The maximum Gasteiger partial charge on any atom is 0.280 e. The highest BCUT2D eigenvalue weighted by molar-refractivity contribution is 7.90. The zero-order valence-corrected chi connectivity index (χ0v) is 17.2. The second-order valence-electron chi connectivity index (χ2n) is 5.41. The number of guanidine groups is 1. The molecule has 0 spiro atoms. The first-order valence-electron chi connectivity index (χ1n) is 7.24. The van der Waals surface area contributed by atoms with Gasteiger partial charge in [0.15, 0.2) is 15.8 Å². The van der Waals surface area contributed by atoms with Gasteiger partial charge in [0.2, 0.25) is 0 Å². The fraction of sp³-hybridized carbons (Fsp3) is 0.125. The third-order valence-corrected chi connectivity index (χ3v) is 5.07. The van der Waals surface area contributed by atoms with Crippen LogP contribution in [0.2, 0.25) is 10.0 Å². The summed E-state index contributed by atoms with van der Waals surface area (Å²) in [5.74, 6) is -1.14. The van der Waals surface area contributed by atoms with Gasteiger partial charge in [0.25, 0.3) is 5.91 Å². The molecular weight excluding hydrogens is 435 g/mol. The maximum absolute atomic E-state index is 12.1. The maximum atomic E-state index is 12.1. The third-order valence-electron chi connectivity index (χ3n) is 3.34. The number of amides is 1. The molecule has 0 heterocycles. The Labute approximate surface area is 173 Å². The predicted octanol–water partition coefficient (Wildman–Crippen LogP) is 2.84. The van der Waals surface area contributed by atoms with Gasteiger partial charge in [0.05, 0.1) is 10.6 Å². The van der Waals surface area contributed by atoms with Crippen LogP contribution >= 0.6 is 35.6 Å². The zero-order chi connectivity index (χ0) is 19.5. The van der Waals surface area contributed by atoms with E-state index in [-0.39, 0.29) is 29.4 Å². The van der Waals surface area contributed by atoms with E-state index in [0.717, 1.165) is 11.8 Å². The number of halogens is 3. The largest absolute Gasteiger partial charge is 0.380 e. The highest BCUT2D eigenvalue weighted by atomic mass is 35.5. The summed E-state index contributed by atoms with van der Waals surface area (Å²) in [5.41, 5.74) is 11.5. The van der Waals surface area contributed by atoms with Crippen LogP contribution in [-0.4, -0.2) is 26.5 Å². The van der Waals surface area contributed by atoms with Crippen molar-refractivity contribution >= 4 is 63.0 Å². The first kappa shape index (κ1) is 23.0. The lowest BCUT2D eigenvalue weighted by Gasteiger charge is -2.13. The van der Waals surface area contributed by atoms with Crippen LogP contribution < -0.4 is 16.8 Å². The molecule has 0 aliphatic heterocycles. The summed E-state index contributed by atoms with van der Waals surface area (Å²) in [7, 11) is -3.62. The molecule has 0 atom stereocenters.